The number of pyridine rings is 1. The predicted octanol–water partition coefficient (Wildman–Crippen LogP) is 8.15. The second-order valence-corrected chi connectivity index (χ2v) is 10.3. The molecule has 1 aromatic heterocycles. The van der Waals surface area contributed by atoms with E-state index in [0.29, 0.717) is 0 Å². The Morgan fingerprint density at radius 3 is 1.78 bits per heavy atom. The molecule has 1 spiro atoms. The van der Waals surface area contributed by atoms with Crippen molar-refractivity contribution in [1.82, 2.24) is 4.98 Å². The first-order valence-electron chi connectivity index (χ1n) is 12.7. The van der Waals surface area contributed by atoms with Gasteiger partial charge in [0.15, 0.2) is 0 Å². The van der Waals surface area contributed by atoms with E-state index in [9.17, 15) is 0 Å². The molecule has 3 aliphatic carbocycles. The first-order valence-corrected chi connectivity index (χ1v) is 12.7. The quantitative estimate of drug-likeness (QED) is 0.225. The first kappa shape index (κ1) is 18.8. The van der Waals surface area contributed by atoms with Gasteiger partial charge in [-0.1, -0.05) is 97.1 Å². The molecule has 0 saturated carbocycles. The molecular formula is C35H21N. The van der Waals surface area contributed by atoms with E-state index in [0.717, 1.165) is 11.9 Å². The van der Waals surface area contributed by atoms with E-state index in [4.69, 9.17) is 4.98 Å². The summed E-state index contributed by atoms with van der Waals surface area (Å²) in [5.41, 5.74) is 17.3. The zero-order valence-corrected chi connectivity index (χ0v) is 19.6. The van der Waals surface area contributed by atoms with Gasteiger partial charge in [0, 0.05) is 17.1 Å². The summed E-state index contributed by atoms with van der Waals surface area (Å²) in [7, 11) is 0. The van der Waals surface area contributed by atoms with E-state index in [1.807, 2.05) is 0 Å². The van der Waals surface area contributed by atoms with E-state index in [2.05, 4.69) is 115 Å². The number of rotatable bonds is 0. The summed E-state index contributed by atoms with van der Waals surface area (Å²) >= 11 is 0. The molecule has 5 aromatic carbocycles. The lowest BCUT2D eigenvalue weighted by atomic mass is 9.70. The second kappa shape index (κ2) is 6.38. The van der Waals surface area contributed by atoms with Crippen LogP contribution < -0.4 is 0 Å². The van der Waals surface area contributed by atoms with E-state index in [1.54, 1.807) is 0 Å². The Morgan fingerprint density at radius 1 is 0.500 bits per heavy atom. The lowest BCUT2D eigenvalue weighted by Gasteiger charge is -2.30. The van der Waals surface area contributed by atoms with Gasteiger partial charge in [0.25, 0.3) is 0 Å². The van der Waals surface area contributed by atoms with Crippen LogP contribution in [-0.4, -0.2) is 4.98 Å². The molecule has 0 fully saturated rings. The molecule has 1 heterocycles. The fourth-order valence-electron chi connectivity index (χ4n) is 7.39. The molecule has 166 valence electrons. The fourth-order valence-corrected chi connectivity index (χ4v) is 7.39. The minimum Gasteiger partial charge on any atom is -0.256 e. The van der Waals surface area contributed by atoms with E-state index < -0.39 is 0 Å². The minimum absolute atomic E-state index is 0.275. The van der Waals surface area contributed by atoms with Gasteiger partial charge in [0.2, 0.25) is 0 Å². The van der Waals surface area contributed by atoms with Crippen molar-refractivity contribution in [3.8, 4) is 33.4 Å². The molecule has 1 nitrogen and oxygen atoms in total. The normalized spacial score (nSPS) is 14.8. The number of fused-ring (bicyclic) bond motifs is 15. The monoisotopic (exact) mass is 455 g/mol. The third-order valence-electron chi connectivity index (χ3n) is 8.77. The summed E-state index contributed by atoms with van der Waals surface area (Å²) in [6, 6.07) is 40.6. The molecular weight excluding hydrogens is 434 g/mol. The zero-order valence-electron chi connectivity index (χ0n) is 19.6. The van der Waals surface area contributed by atoms with Crippen LogP contribution >= 0.6 is 0 Å². The molecule has 0 amide bonds. The van der Waals surface area contributed by atoms with Crippen LogP contribution in [0.1, 0.15) is 33.4 Å². The highest BCUT2D eigenvalue weighted by Crippen LogP contribution is 2.63. The van der Waals surface area contributed by atoms with Crippen molar-refractivity contribution in [2.75, 3.05) is 0 Å². The molecule has 0 aliphatic heterocycles. The maximum Gasteiger partial charge on any atom is 0.0725 e. The molecule has 0 N–H and O–H groups in total. The number of aromatic nitrogens is 1. The van der Waals surface area contributed by atoms with E-state index in [-0.39, 0.29) is 5.41 Å². The van der Waals surface area contributed by atoms with Crippen molar-refractivity contribution in [3.05, 3.63) is 149 Å². The second-order valence-electron chi connectivity index (χ2n) is 10.3. The van der Waals surface area contributed by atoms with Gasteiger partial charge in [0.05, 0.1) is 10.9 Å². The average molecular weight is 456 g/mol. The summed E-state index contributed by atoms with van der Waals surface area (Å²) in [6.45, 7) is 0. The highest BCUT2D eigenvalue weighted by molar-refractivity contribution is 5.99. The number of para-hydroxylation sites is 1. The third kappa shape index (κ3) is 2.04. The van der Waals surface area contributed by atoms with E-state index >= 15 is 0 Å². The van der Waals surface area contributed by atoms with Gasteiger partial charge in [-0.2, -0.15) is 0 Å². The number of hydrogen-bond donors (Lipinski definition) is 0. The summed E-state index contributed by atoms with van der Waals surface area (Å²) in [4.78, 5) is 4.82. The standard InChI is InChI=1S/C35H21N/c1-5-13-30-22(9-1)23-10-2-6-14-31(23)35(30)32-15-7-3-11-24(32)28-19-26-21(18-33(28)35)17-27-25-12-4-8-16-34(25)36-20-29(26)27/h1-16,18-20H,17H2. The van der Waals surface area contributed by atoms with Gasteiger partial charge >= 0.3 is 0 Å². The summed E-state index contributed by atoms with van der Waals surface area (Å²) in [5.74, 6) is 0. The minimum atomic E-state index is -0.275. The lowest BCUT2D eigenvalue weighted by Crippen LogP contribution is -2.26. The molecule has 3 aliphatic rings. The molecule has 0 radical (unpaired) electrons. The molecule has 0 unspecified atom stereocenters. The average Bonchev–Trinajstić information content (AvgIpc) is 3.56. The molecule has 0 bridgehead atoms. The van der Waals surface area contributed by atoms with Gasteiger partial charge in [-0.05, 0) is 79.8 Å². The van der Waals surface area contributed by atoms with Crippen LogP contribution in [0.15, 0.2) is 115 Å². The van der Waals surface area contributed by atoms with Gasteiger partial charge in [-0.25, -0.2) is 0 Å². The fraction of sp³-hybridized carbons (Fsp3) is 0.0571. The molecule has 6 aromatic rings. The van der Waals surface area contributed by atoms with Crippen molar-refractivity contribution in [2.24, 2.45) is 0 Å². The highest BCUT2D eigenvalue weighted by atomic mass is 14.7. The van der Waals surface area contributed by atoms with Crippen LogP contribution in [0.2, 0.25) is 0 Å². The largest absolute Gasteiger partial charge is 0.256 e. The van der Waals surface area contributed by atoms with Crippen molar-refractivity contribution >= 4 is 10.9 Å². The predicted molar refractivity (Wildman–Crippen MR) is 146 cm³/mol. The van der Waals surface area contributed by atoms with Gasteiger partial charge in [-0.3, -0.25) is 4.98 Å². The van der Waals surface area contributed by atoms with Crippen molar-refractivity contribution < 1.29 is 0 Å². The van der Waals surface area contributed by atoms with Gasteiger partial charge in [0.1, 0.15) is 0 Å². The number of hydrogen-bond acceptors (Lipinski definition) is 1. The molecule has 0 atom stereocenters. The van der Waals surface area contributed by atoms with Crippen molar-refractivity contribution in [2.45, 2.75) is 11.8 Å². The van der Waals surface area contributed by atoms with Crippen LogP contribution in [0.3, 0.4) is 0 Å². The SMILES string of the molecule is c1ccc2c(c1)-c1ccccc1C21c2ccccc2-c2cc3c(cc21)Cc1c-3cnc2ccccc12. The van der Waals surface area contributed by atoms with Crippen LogP contribution in [0.5, 0.6) is 0 Å². The van der Waals surface area contributed by atoms with Crippen LogP contribution in [0.25, 0.3) is 44.3 Å². The Kier molecular flexibility index (Phi) is 3.33. The number of nitrogens with zero attached hydrogens (tertiary/aromatic N) is 1. The van der Waals surface area contributed by atoms with Crippen molar-refractivity contribution in [3.63, 3.8) is 0 Å². The van der Waals surface area contributed by atoms with Crippen LogP contribution in [-0.2, 0) is 11.8 Å². The smallest absolute Gasteiger partial charge is 0.0725 e. The Labute approximate surface area is 209 Å². The highest BCUT2D eigenvalue weighted by Gasteiger charge is 2.51. The Hall–Kier alpha value is -4.49. The summed E-state index contributed by atoms with van der Waals surface area (Å²) in [5, 5.41) is 1.28. The van der Waals surface area contributed by atoms with Crippen LogP contribution in [0.4, 0.5) is 0 Å². The third-order valence-corrected chi connectivity index (χ3v) is 8.77. The summed E-state index contributed by atoms with van der Waals surface area (Å²) < 4.78 is 0. The van der Waals surface area contributed by atoms with Gasteiger partial charge < -0.3 is 0 Å². The maximum absolute atomic E-state index is 4.82. The maximum atomic E-state index is 4.82. The zero-order chi connectivity index (χ0) is 23.4. The van der Waals surface area contributed by atoms with Gasteiger partial charge in [-0.15, -0.1) is 0 Å². The number of benzene rings is 5. The Bertz CT molecular complexity index is 1880. The molecule has 36 heavy (non-hydrogen) atoms. The topological polar surface area (TPSA) is 12.9 Å². The molecule has 0 saturated heterocycles. The Balaban J connectivity index is 1.40. The summed E-state index contributed by atoms with van der Waals surface area (Å²) in [6.07, 6.45) is 3.05. The Morgan fingerprint density at radius 2 is 1.08 bits per heavy atom. The van der Waals surface area contributed by atoms with Crippen LogP contribution in [0, 0.1) is 0 Å². The molecule has 1 heteroatoms. The lowest BCUT2D eigenvalue weighted by molar-refractivity contribution is 0.792. The first-order chi connectivity index (χ1) is 17.9. The molecule has 9 rings (SSSR count). The van der Waals surface area contributed by atoms with E-state index in [1.165, 1.54) is 72.1 Å². The van der Waals surface area contributed by atoms with Crippen molar-refractivity contribution in [1.29, 1.82) is 0 Å².